The zero-order chi connectivity index (χ0) is 17.6. The third kappa shape index (κ3) is 4.35. The molecule has 0 saturated heterocycles. The first-order valence-corrected chi connectivity index (χ1v) is 8.19. The van der Waals surface area contributed by atoms with E-state index in [1.165, 1.54) is 5.56 Å². The summed E-state index contributed by atoms with van der Waals surface area (Å²) in [4.78, 5) is 12.0. The topological polar surface area (TPSA) is 68.8 Å². The van der Waals surface area contributed by atoms with E-state index in [1.54, 1.807) is 7.11 Å². The van der Waals surface area contributed by atoms with Crippen LogP contribution in [0.4, 0.5) is 4.79 Å². The van der Waals surface area contributed by atoms with E-state index in [4.69, 9.17) is 14.2 Å². The van der Waals surface area contributed by atoms with Gasteiger partial charge in [-0.1, -0.05) is 23.8 Å². The first-order valence-electron chi connectivity index (χ1n) is 8.19. The van der Waals surface area contributed by atoms with Crippen molar-refractivity contribution in [2.75, 3.05) is 20.4 Å². The molecule has 3 rings (SSSR count). The van der Waals surface area contributed by atoms with E-state index in [9.17, 15) is 4.79 Å². The summed E-state index contributed by atoms with van der Waals surface area (Å²) in [6.45, 7) is 3.24. The molecule has 132 valence electrons. The molecule has 0 saturated carbocycles. The van der Waals surface area contributed by atoms with Gasteiger partial charge in [0, 0.05) is 13.1 Å². The monoisotopic (exact) mass is 342 g/mol. The Hall–Kier alpha value is -2.89. The second kappa shape index (κ2) is 7.79. The molecule has 2 N–H and O–H groups in total. The van der Waals surface area contributed by atoms with Gasteiger partial charge >= 0.3 is 6.03 Å². The molecule has 2 amide bonds. The van der Waals surface area contributed by atoms with Crippen LogP contribution >= 0.6 is 0 Å². The van der Waals surface area contributed by atoms with Crippen molar-refractivity contribution in [3.63, 3.8) is 0 Å². The van der Waals surface area contributed by atoms with Crippen LogP contribution in [0.15, 0.2) is 36.4 Å². The fraction of sp³-hybridized carbons (Fsp3) is 0.316. The Morgan fingerprint density at radius 2 is 1.96 bits per heavy atom. The molecule has 2 aromatic carbocycles. The first-order chi connectivity index (χ1) is 12.2. The average molecular weight is 342 g/mol. The molecule has 6 nitrogen and oxygen atoms in total. The van der Waals surface area contributed by atoms with Crippen molar-refractivity contribution in [2.45, 2.75) is 19.9 Å². The molecule has 1 aliphatic rings. The SMILES string of the molecule is COc1ccc(C)cc1CCNC(=O)NCc1ccc2c(c1)OCO2. The number of carbonyl (C=O) groups is 1. The van der Waals surface area contributed by atoms with Gasteiger partial charge in [0.05, 0.1) is 7.11 Å². The van der Waals surface area contributed by atoms with E-state index in [2.05, 4.69) is 16.7 Å². The Kier molecular flexibility index (Phi) is 5.28. The van der Waals surface area contributed by atoms with Crippen LogP contribution in [-0.2, 0) is 13.0 Å². The molecule has 2 aromatic rings. The molecule has 0 aliphatic carbocycles. The Morgan fingerprint density at radius 1 is 1.12 bits per heavy atom. The van der Waals surface area contributed by atoms with Crippen LogP contribution in [0.5, 0.6) is 17.2 Å². The minimum atomic E-state index is -0.204. The number of benzene rings is 2. The van der Waals surface area contributed by atoms with Crippen molar-refractivity contribution in [1.82, 2.24) is 10.6 Å². The van der Waals surface area contributed by atoms with Crippen LogP contribution in [0, 0.1) is 6.92 Å². The zero-order valence-corrected chi connectivity index (χ0v) is 14.4. The van der Waals surface area contributed by atoms with Gasteiger partial charge in [-0.25, -0.2) is 4.79 Å². The highest BCUT2D eigenvalue weighted by molar-refractivity contribution is 5.73. The Balaban J connectivity index is 1.45. The Labute approximate surface area is 147 Å². The van der Waals surface area contributed by atoms with Gasteiger partial charge < -0.3 is 24.8 Å². The minimum absolute atomic E-state index is 0.204. The van der Waals surface area contributed by atoms with Gasteiger partial charge in [0.15, 0.2) is 11.5 Å². The van der Waals surface area contributed by atoms with Crippen LogP contribution < -0.4 is 24.8 Å². The number of urea groups is 1. The fourth-order valence-electron chi connectivity index (χ4n) is 2.71. The second-order valence-corrected chi connectivity index (χ2v) is 5.86. The van der Waals surface area contributed by atoms with Gasteiger partial charge in [0.25, 0.3) is 0 Å². The lowest BCUT2D eigenvalue weighted by molar-refractivity contribution is 0.174. The van der Waals surface area contributed by atoms with E-state index in [0.717, 1.165) is 22.6 Å². The van der Waals surface area contributed by atoms with Crippen LogP contribution in [0.2, 0.25) is 0 Å². The van der Waals surface area contributed by atoms with Crippen molar-refractivity contribution in [3.05, 3.63) is 53.1 Å². The van der Waals surface area contributed by atoms with E-state index >= 15 is 0 Å². The molecule has 6 heteroatoms. The fourth-order valence-corrected chi connectivity index (χ4v) is 2.71. The van der Waals surface area contributed by atoms with Crippen molar-refractivity contribution >= 4 is 6.03 Å². The second-order valence-electron chi connectivity index (χ2n) is 5.86. The lowest BCUT2D eigenvalue weighted by Crippen LogP contribution is -2.36. The predicted octanol–water partition coefficient (Wildman–Crippen LogP) is 2.77. The number of amides is 2. The summed E-state index contributed by atoms with van der Waals surface area (Å²) in [6, 6.07) is 11.5. The molecule has 0 fully saturated rings. The molecule has 0 spiro atoms. The van der Waals surface area contributed by atoms with E-state index in [-0.39, 0.29) is 12.8 Å². The van der Waals surface area contributed by atoms with E-state index in [1.807, 2.05) is 37.3 Å². The number of hydrogen-bond donors (Lipinski definition) is 2. The maximum atomic E-state index is 12.0. The first kappa shape index (κ1) is 17.0. The van der Waals surface area contributed by atoms with Crippen molar-refractivity contribution in [3.8, 4) is 17.2 Å². The molecule has 0 bridgehead atoms. The lowest BCUT2D eigenvalue weighted by Gasteiger charge is -2.11. The summed E-state index contributed by atoms with van der Waals surface area (Å²) < 4.78 is 15.9. The highest BCUT2D eigenvalue weighted by Gasteiger charge is 2.13. The standard InChI is InChI=1S/C19H22N2O4/c1-13-3-5-16(23-2)15(9-13)7-8-20-19(22)21-11-14-4-6-17-18(10-14)25-12-24-17/h3-6,9-10H,7-8,11-12H2,1-2H3,(H2,20,21,22). The van der Waals surface area contributed by atoms with E-state index in [0.29, 0.717) is 25.3 Å². The van der Waals surface area contributed by atoms with Gasteiger partial charge in [-0.3, -0.25) is 0 Å². The summed E-state index contributed by atoms with van der Waals surface area (Å²) in [5, 5.41) is 5.70. The van der Waals surface area contributed by atoms with Crippen molar-refractivity contribution < 1.29 is 19.0 Å². The highest BCUT2D eigenvalue weighted by atomic mass is 16.7. The summed E-state index contributed by atoms with van der Waals surface area (Å²) >= 11 is 0. The number of carbonyl (C=O) groups excluding carboxylic acids is 1. The summed E-state index contributed by atoms with van der Waals surface area (Å²) in [5.41, 5.74) is 3.21. The van der Waals surface area contributed by atoms with Gasteiger partial charge in [0.2, 0.25) is 6.79 Å². The number of fused-ring (bicyclic) bond motifs is 1. The largest absolute Gasteiger partial charge is 0.496 e. The third-order valence-corrected chi connectivity index (χ3v) is 4.01. The normalized spacial score (nSPS) is 11.9. The molecular formula is C19H22N2O4. The van der Waals surface area contributed by atoms with Crippen LogP contribution in [0.1, 0.15) is 16.7 Å². The molecule has 0 radical (unpaired) electrons. The van der Waals surface area contributed by atoms with Crippen LogP contribution in [-0.4, -0.2) is 26.5 Å². The van der Waals surface area contributed by atoms with Gasteiger partial charge in [-0.15, -0.1) is 0 Å². The number of rotatable bonds is 6. The van der Waals surface area contributed by atoms with Crippen LogP contribution in [0.25, 0.3) is 0 Å². The van der Waals surface area contributed by atoms with Gasteiger partial charge in [0.1, 0.15) is 5.75 Å². The smallest absolute Gasteiger partial charge is 0.315 e. The zero-order valence-electron chi connectivity index (χ0n) is 14.4. The van der Waals surface area contributed by atoms with E-state index < -0.39 is 0 Å². The summed E-state index contributed by atoms with van der Waals surface area (Å²) in [6.07, 6.45) is 0.711. The molecular weight excluding hydrogens is 320 g/mol. The highest BCUT2D eigenvalue weighted by Crippen LogP contribution is 2.32. The van der Waals surface area contributed by atoms with Crippen LogP contribution in [0.3, 0.4) is 0 Å². The summed E-state index contributed by atoms with van der Waals surface area (Å²) in [7, 11) is 1.65. The maximum absolute atomic E-state index is 12.0. The molecule has 1 heterocycles. The quantitative estimate of drug-likeness (QED) is 0.847. The maximum Gasteiger partial charge on any atom is 0.315 e. The van der Waals surface area contributed by atoms with Crippen molar-refractivity contribution in [1.29, 1.82) is 0 Å². The van der Waals surface area contributed by atoms with Crippen molar-refractivity contribution in [2.24, 2.45) is 0 Å². The number of hydrogen-bond acceptors (Lipinski definition) is 4. The number of aryl methyl sites for hydroxylation is 1. The lowest BCUT2D eigenvalue weighted by atomic mass is 10.1. The molecule has 25 heavy (non-hydrogen) atoms. The predicted molar refractivity (Wildman–Crippen MR) is 94.2 cm³/mol. The number of methoxy groups -OCH3 is 1. The average Bonchev–Trinajstić information content (AvgIpc) is 3.08. The molecule has 1 aliphatic heterocycles. The third-order valence-electron chi connectivity index (χ3n) is 4.01. The summed E-state index contributed by atoms with van der Waals surface area (Å²) in [5.74, 6) is 2.29. The van der Waals surface area contributed by atoms with Gasteiger partial charge in [-0.2, -0.15) is 0 Å². The minimum Gasteiger partial charge on any atom is -0.496 e. The Morgan fingerprint density at radius 3 is 2.80 bits per heavy atom. The Bertz CT molecular complexity index is 761. The molecule has 0 unspecified atom stereocenters. The number of nitrogens with one attached hydrogen (secondary N) is 2. The number of ether oxygens (including phenoxy) is 3. The van der Waals surface area contributed by atoms with Gasteiger partial charge in [-0.05, 0) is 42.7 Å². The molecule has 0 atom stereocenters. The molecule has 0 aromatic heterocycles.